The van der Waals surface area contributed by atoms with Crippen molar-refractivity contribution in [3.63, 3.8) is 0 Å². The van der Waals surface area contributed by atoms with Crippen molar-refractivity contribution in [3.8, 4) is 0 Å². The summed E-state index contributed by atoms with van der Waals surface area (Å²) in [5.74, 6) is -0.148. The molecular formula is C37H54N4O4. The van der Waals surface area contributed by atoms with E-state index >= 15 is 0 Å². The van der Waals surface area contributed by atoms with E-state index in [1.54, 1.807) is 11.1 Å². The molecule has 8 nitrogen and oxygen atoms in total. The number of Topliss-reactive ketones (excluding diaryl/α,β-unsaturated/α-hetero) is 1. The molecule has 1 heterocycles. The fourth-order valence-corrected chi connectivity index (χ4v) is 7.04. The first-order valence-electron chi connectivity index (χ1n) is 17.1. The Labute approximate surface area is 270 Å². The first-order chi connectivity index (χ1) is 21.3. The van der Waals surface area contributed by atoms with Crippen molar-refractivity contribution < 1.29 is 19.5 Å². The van der Waals surface area contributed by atoms with E-state index in [0.29, 0.717) is 35.7 Å². The minimum absolute atomic E-state index is 0.0490. The van der Waals surface area contributed by atoms with Gasteiger partial charge in [-0.3, -0.25) is 14.4 Å². The van der Waals surface area contributed by atoms with Crippen LogP contribution in [-0.4, -0.2) is 52.6 Å². The molecule has 0 atom stereocenters. The quantitative estimate of drug-likeness (QED) is 0.219. The first-order valence-corrected chi connectivity index (χ1v) is 17.1. The predicted molar refractivity (Wildman–Crippen MR) is 183 cm³/mol. The Hall–Kier alpha value is -3.42. The first kappa shape index (κ1) is 34.5. The standard InChI is InChI=1S/C37H54N4O4/c1-10-37(8,9)36(45)38-28-21-25(40(11-2)12-3)18-19-26(28)29-33(42)31(34(29)43)30-27(20-17-24-15-13-14-16-24)39-41(35(30)44)32(22(4)5)23(6)7/h18-19,21-24,32,42H,10-17,20H2,1-9H3,(H,38,45). The third-order valence-electron chi connectivity index (χ3n) is 10.2. The molecule has 1 fully saturated rings. The molecule has 0 spiro atoms. The van der Waals surface area contributed by atoms with E-state index in [2.05, 4.69) is 51.8 Å². The normalized spacial score (nSPS) is 19.4. The number of carbonyl (C=O) groups excluding carboxylic acids is 3. The van der Waals surface area contributed by atoms with Gasteiger partial charge in [0.1, 0.15) is 5.76 Å². The van der Waals surface area contributed by atoms with Crippen molar-refractivity contribution in [1.29, 1.82) is 0 Å². The number of benzene rings is 1. The van der Waals surface area contributed by atoms with Crippen molar-refractivity contribution in [2.45, 2.75) is 113 Å². The lowest BCUT2D eigenvalue weighted by Gasteiger charge is -2.31. The number of aliphatic hydroxyl groups is 1. The van der Waals surface area contributed by atoms with Crippen molar-refractivity contribution in [3.05, 3.63) is 40.7 Å². The summed E-state index contributed by atoms with van der Waals surface area (Å²) in [6, 6.07) is 5.44. The van der Waals surface area contributed by atoms with Gasteiger partial charge in [-0.15, -0.1) is 0 Å². The average Bonchev–Trinajstić information content (AvgIpc) is 3.62. The van der Waals surface area contributed by atoms with Crippen molar-refractivity contribution >= 4 is 40.3 Å². The van der Waals surface area contributed by atoms with Crippen LogP contribution < -0.4 is 10.2 Å². The van der Waals surface area contributed by atoms with Crippen LogP contribution in [0.2, 0.25) is 0 Å². The third kappa shape index (κ3) is 6.75. The zero-order valence-corrected chi connectivity index (χ0v) is 28.9. The fourth-order valence-electron chi connectivity index (χ4n) is 7.04. The maximum absolute atomic E-state index is 14.1. The van der Waals surface area contributed by atoms with Crippen molar-refractivity contribution in [1.82, 2.24) is 5.01 Å². The highest BCUT2D eigenvalue weighted by Crippen LogP contribution is 2.44. The number of hydrogen-bond acceptors (Lipinski definition) is 6. The number of nitrogens with zero attached hydrogens (tertiary/aromatic N) is 3. The van der Waals surface area contributed by atoms with Gasteiger partial charge in [0.25, 0.3) is 5.91 Å². The van der Waals surface area contributed by atoms with Crippen LogP contribution in [0, 0.1) is 23.2 Å². The SMILES string of the molecule is CCN(CC)c1ccc(C2=C(O)C(=C3C(=O)N(C(C(C)C)C(C)C)N=C3CCC3CCCC3)C2=O)c(NC(=O)C(C)(C)CC)c1. The number of carbonyl (C=O) groups is 3. The van der Waals surface area contributed by atoms with E-state index < -0.39 is 11.2 Å². The summed E-state index contributed by atoms with van der Waals surface area (Å²) in [6.45, 7) is 19.7. The van der Waals surface area contributed by atoms with Crippen molar-refractivity contribution in [2.24, 2.45) is 28.3 Å². The van der Waals surface area contributed by atoms with Crippen LogP contribution in [0.3, 0.4) is 0 Å². The highest BCUT2D eigenvalue weighted by Gasteiger charge is 2.46. The zero-order chi connectivity index (χ0) is 33.2. The summed E-state index contributed by atoms with van der Waals surface area (Å²) in [6.07, 6.45) is 6.96. The van der Waals surface area contributed by atoms with Gasteiger partial charge in [0, 0.05) is 29.8 Å². The largest absolute Gasteiger partial charge is 0.506 e. The Morgan fingerprint density at radius 1 is 1.02 bits per heavy atom. The molecule has 0 radical (unpaired) electrons. The molecular weight excluding hydrogens is 564 g/mol. The lowest BCUT2D eigenvalue weighted by Crippen LogP contribution is -2.41. The monoisotopic (exact) mass is 618 g/mol. The number of hydrazone groups is 1. The molecule has 0 aromatic heterocycles. The lowest BCUT2D eigenvalue weighted by atomic mass is 9.78. The molecule has 1 aromatic rings. The van der Waals surface area contributed by atoms with Gasteiger partial charge >= 0.3 is 0 Å². The smallest absolute Gasteiger partial charge is 0.277 e. The molecule has 246 valence electrons. The molecule has 1 aliphatic heterocycles. The van der Waals surface area contributed by atoms with Gasteiger partial charge in [0.05, 0.1) is 34.2 Å². The van der Waals surface area contributed by atoms with Crippen LogP contribution in [0.5, 0.6) is 0 Å². The maximum Gasteiger partial charge on any atom is 0.277 e. The van der Waals surface area contributed by atoms with E-state index in [0.717, 1.165) is 25.2 Å². The van der Waals surface area contributed by atoms with Crippen LogP contribution in [0.15, 0.2) is 40.2 Å². The number of aliphatic hydroxyl groups excluding tert-OH is 1. The van der Waals surface area contributed by atoms with Crippen LogP contribution in [0.1, 0.15) is 113 Å². The zero-order valence-electron chi connectivity index (χ0n) is 28.9. The van der Waals surface area contributed by atoms with Gasteiger partial charge in [-0.25, -0.2) is 5.01 Å². The second kappa shape index (κ2) is 13.9. The Kier molecular flexibility index (Phi) is 10.7. The molecule has 45 heavy (non-hydrogen) atoms. The number of hydrogen-bond donors (Lipinski definition) is 2. The van der Waals surface area contributed by atoms with Crippen molar-refractivity contribution in [2.75, 3.05) is 23.3 Å². The van der Waals surface area contributed by atoms with E-state index in [-0.39, 0.29) is 52.2 Å². The molecule has 1 saturated carbocycles. The molecule has 2 N–H and O–H groups in total. The van der Waals surface area contributed by atoms with E-state index in [1.807, 2.05) is 32.9 Å². The van der Waals surface area contributed by atoms with Crippen LogP contribution in [0.25, 0.3) is 5.57 Å². The van der Waals surface area contributed by atoms with Crippen LogP contribution in [0.4, 0.5) is 11.4 Å². The molecule has 3 aliphatic rings. The molecule has 0 saturated heterocycles. The number of amides is 2. The number of allylic oxidation sites excluding steroid dienone is 2. The van der Waals surface area contributed by atoms with E-state index in [9.17, 15) is 19.5 Å². The van der Waals surface area contributed by atoms with Gasteiger partial charge in [0.15, 0.2) is 0 Å². The summed E-state index contributed by atoms with van der Waals surface area (Å²) < 4.78 is 0. The Balaban J connectivity index is 1.81. The predicted octanol–water partition coefficient (Wildman–Crippen LogP) is 7.91. The average molecular weight is 619 g/mol. The summed E-state index contributed by atoms with van der Waals surface area (Å²) in [7, 11) is 0. The van der Waals surface area contributed by atoms with E-state index in [1.165, 1.54) is 25.7 Å². The maximum atomic E-state index is 14.1. The fraction of sp³-hybridized carbons (Fsp3) is 0.622. The lowest BCUT2D eigenvalue weighted by molar-refractivity contribution is -0.130. The molecule has 0 unspecified atom stereocenters. The van der Waals surface area contributed by atoms with Gasteiger partial charge < -0.3 is 15.3 Å². The molecule has 2 amide bonds. The Bertz CT molecular complexity index is 1400. The van der Waals surface area contributed by atoms with E-state index in [4.69, 9.17) is 5.10 Å². The second-order valence-corrected chi connectivity index (χ2v) is 14.3. The number of nitrogens with one attached hydrogen (secondary N) is 1. The molecule has 0 bridgehead atoms. The summed E-state index contributed by atoms with van der Waals surface area (Å²) in [5, 5.41) is 21.1. The molecule has 2 aliphatic carbocycles. The Morgan fingerprint density at radius 2 is 1.64 bits per heavy atom. The summed E-state index contributed by atoms with van der Waals surface area (Å²) in [4.78, 5) is 43.6. The minimum Gasteiger partial charge on any atom is -0.506 e. The second-order valence-electron chi connectivity index (χ2n) is 14.3. The Morgan fingerprint density at radius 3 is 2.18 bits per heavy atom. The van der Waals surface area contributed by atoms with Gasteiger partial charge in [-0.05, 0) is 69.1 Å². The topological polar surface area (TPSA) is 102 Å². The molecule has 1 aromatic carbocycles. The molecule has 8 heteroatoms. The van der Waals surface area contributed by atoms with Gasteiger partial charge in [-0.1, -0.05) is 74.1 Å². The number of ketones is 1. The summed E-state index contributed by atoms with van der Waals surface area (Å²) >= 11 is 0. The minimum atomic E-state index is -0.622. The molecule has 4 rings (SSSR count). The van der Waals surface area contributed by atoms with Crippen LogP contribution in [-0.2, 0) is 14.4 Å². The highest BCUT2D eigenvalue weighted by molar-refractivity contribution is 6.44. The number of anilines is 2. The van der Waals surface area contributed by atoms with Gasteiger partial charge in [0.2, 0.25) is 11.7 Å². The van der Waals surface area contributed by atoms with Gasteiger partial charge in [-0.2, -0.15) is 5.10 Å². The van der Waals surface area contributed by atoms with Crippen LogP contribution >= 0.6 is 0 Å². The third-order valence-corrected chi connectivity index (χ3v) is 10.2. The number of rotatable bonds is 13. The highest BCUT2D eigenvalue weighted by atomic mass is 16.3. The summed E-state index contributed by atoms with van der Waals surface area (Å²) in [5.41, 5.74) is 2.22.